The highest BCUT2D eigenvalue weighted by atomic mass is 16.5. The lowest BCUT2D eigenvalue weighted by Gasteiger charge is -2.44. The van der Waals surface area contributed by atoms with E-state index >= 15 is 0 Å². The molecule has 1 saturated heterocycles. The van der Waals surface area contributed by atoms with E-state index < -0.39 is 0 Å². The highest BCUT2D eigenvalue weighted by molar-refractivity contribution is 5.94. The number of rotatable bonds is 3. The molecule has 1 amide bonds. The molecular formula is C16H21N3O2. The molecule has 2 rings (SSSR count). The summed E-state index contributed by atoms with van der Waals surface area (Å²) < 4.78 is 5.48. The zero-order valence-electron chi connectivity index (χ0n) is 12.7. The predicted molar refractivity (Wildman–Crippen MR) is 80.9 cm³/mol. The third-order valence-corrected chi connectivity index (χ3v) is 3.82. The summed E-state index contributed by atoms with van der Waals surface area (Å²) in [6.45, 7) is 8.05. The Balaban J connectivity index is 2.07. The first-order chi connectivity index (χ1) is 9.94. The molecule has 1 unspecified atom stereocenters. The second kappa shape index (κ2) is 6.25. The molecular weight excluding hydrogens is 266 g/mol. The minimum atomic E-state index is -0.255. The van der Waals surface area contributed by atoms with Gasteiger partial charge in [0.05, 0.1) is 30.9 Å². The van der Waals surface area contributed by atoms with Crippen LogP contribution in [0, 0.1) is 11.3 Å². The summed E-state index contributed by atoms with van der Waals surface area (Å²) in [5.74, 6) is -0.0694. The van der Waals surface area contributed by atoms with E-state index in [1.165, 1.54) is 0 Å². The van der Waals surface area contributed by atoms with Crippen LogP contribution < -0.4 is 5.32 Å². The SMILES string of the molecule is CC(C(=O)Nc1cccc(C#N)c1)N1CCOCC1(C)C. The van der Waals surface area contributed by atoms with Gasteiger partial charge in [-0.3, -0.25) is 9.69 Å². The molecule has 1 N–H and O–H groups in total. The number of nitriles is 1. The van der Waals surface area contributed by atoms with Gasteiger partial charge in [0, 0.05) is 17.8 Å². The average molecular weight is 287 g/mol. The van der Waals surface area contributed by atoms with E-state index in [4.69, 9.17) is 10.00 Å². The lowest BCUT2D eigenvalue weighted by Crippen LogP contribution is -2.59. The van der Waals surface area contributed by atoms with Crippen LogP contribution in [0.25, 0.3) is 0 Å². The van der Waals surface area contributed by atoms with Crippen molar-refractivity contribution in [1.29, 1.82) is 5.26 Å². The van der Waals surface area contributed by atoms with Crippen LogP contribution in [0.1, 0.15) is 26.3 Å². The molecule has 112 valence electrons. The molecule has 1 aromatic rings. The number of nitrogens with one attached hydrogen (secondary N) is 1. The highest BCUT2D eigenvalue weighted by Gasteiger charge is 2.36. The Labute approximate surface area is 125 Å². The number of amides is 1. The monoisotopic (exact) mass is 287 g/mol. The number of hydrogen-bond donors (Lipinski definition) is 1. The first-order valence-electron chi connectivity index (χ1n) is 7.09. The summed E-state index contributed by atoms with van der Waals surface area (Å²) in [5, 5.41) is 11.8. The lowest BCUT2D eigenvalue weighted by atomic mass is 9.99. The van der Waals surface area contributed by atoms with Crippen molar-refractivity contribution in [2.75, 3.05) is 25.1 Å². The molecule has 5 heteroatoms. The topological polar surface area (TPSA) is 65.4 Å². The lowest BCUT2D eigenvalue weighted by molar-refractivity contribution is -0.129. The van der Waals surface area contributed by atoms with Gasteiger partial charge in [-0.1, -0.05) is 6.07 Å². The molecule has 0 bridgehead atoms. The van der Waals surface area contributed by atoms with Crippen molar-refractivity contribution in [3.8, 4) is 6.07 Å². The minimum absolute atomic E-state index is 0.0694. The predicted octanol–water partition coefficient (Wildman–Crippen LogP) is 2.00. The summed E-state index contributed by atoms with van der Waals surface area (Å²) in [5.41, 5.74) is 1.02. The minimum Gasteiger partial charge on any atom is -0.378 e. The number of hydrogen-bond acceptors (Lipinski definition) is 4. The van der Waals surface area contributed by atoms with Crippen molar-refractivity contribution in [3.05, 3.63) is 29.8 Å². The van der Waals surface area contributed by atoms with Crippen LogP contribution in [-0.4, -0.2) is 42.1 Å². The first kappa shape index (κ1) is 15.5. The summed E-state index contributed by atoms with van der Waals surface area (Å²) in [6.07, 6.45) is 0. The molecule has 0 radical (unpaired) electrons. The normalized spacial score (nSPS) is 19.5. The van der Waals surface area contributed by atoms with E-state index in [9.17, 15) is 4.79 Å². The summed E-state index contributed by atoms with van der Waals surface area (Å²) >= 11 is 0. The van der Waals surface area contributed by atoms with Crippen LogP contribution in [0.5, 0.6) is 0 Å². The van der Waals surface area contributed by atoms with Gasteiger partial charge in [0.1, 0.15) is 0 Å². The number of carbonyl (C=O) groups is 1. The Kier molecular flexibility index (Phi) is 4.61. The van der Waals surface area contributed by atoms with Gasteiger partial charge in [0.15, 0.2) is 0 Å². The van der Waals surface area contributed by atoms with Crippen LogP contribution in [0.2, 0.25) is 0 Å². The molecule has 1 fully saturated rings. The van der Waals surface area contributed by atoms with E-state index in [1.807, 2.05) is 6.92 Å². The average Bonchev–Trinajstić information content (AvgIpc) is 2.46. The number of anilines is 1. The van der Waals surface area contributed by atoms with Gasteiger partial charge in [0.25, 0.3) is 0 Å². The number of nitrogens with zero attached hydrogens (tertiary/aromatic N) is 2. The third kappa shape index (κ3) is 3.60. The second-order valence-electron chi connectivity index (χ2n) is 5.92. The highest BCUT2D eigenvalue weighted by Crippen LogP contribution is 2.22. The van der Waals surface area contributed by atoms with Gasteiger partial charge >= 0.3 is 0 Å². The Morgan fingerprint density at radius 3 is 2.95 bits per heavy atom. The van der Waals surface area contributed by atoms with E-state index in [1.54, 1.807) is 24.3 Å². The van der Waals surface area contributed by atoms with Crippen LogP contribution >= 0.6 is 0 Å². The fraction of sp³-hybridized carbons (Fsp3) is 0.500. The summed E-state index contributed by atoms with van der Waals surface area (Å²) in [7, 11) is 0. The number of benzene rings is 1. The number of morpholine rings is 1. The van der Waals surface area contributed by atoms with Crippen molar-refractivity contribution in [2.24, 2.45) is 0 Å². The fourth-order valence-corrected chi connectivity index (χ4v) is 2.64. The Hall–Kier alpha value is -1.90. The van der Waals surface area contributed by atoms with Gasteiger partial charge in [-0.15, -0.1) is 0 Å². The molecule has 1 heterocycles. The molecule has 1 aliphatic heterocycles. The van der Waals surface area contributed by atoms with Crippen molar-refractivity contribution >= 4 is 11.6 Å². The van der Waals surface area contributed by atoms with E-state index in [0.717, 1.165) is 6.54 Å². The maximum Gasteiger partial charge on any atom is 0.241 e. The molecule has 1 aliphatic rings. The number of carbonyl (C=O) groups excluding carboxylic acids is 1. The van der Waals surface area contributed by atoms with Crippen LogP contribution in [0.4, 0.5) is 5.69 Å². The molecule has 5 nitrogen and oxygen atoms in total. The number of ether oxygens (including phenoxy) is 1. The van der Waals surface area contributed by atoms with Crippen LogP contribution in [-0.2, 0) is 9.53 Å². The maximum absolute atomic E-state index is 12.4. The van der Waals surface area contributed by atoms with Crippen LogP contribution in [0.3, 0.4) is 0 Å². The van der Waals surface area contributed by atoms with Gasteiger partial charge in [0.2, 0.25) is 5.91 Å². The van der Waals surface area contributed by atoms with E-state index in [2.05, 4.69) is 30.1 Å². The Morgan fingerprint density at radius 1 is 1.52 bits per heavy atom. The molecule has 21 heavy (non-hydrogen) atoms. The zero-order valence-corrected chi connectivity index (χ0v) is 12.7. The van der Waals surface area contributed by atoms with Gasteiger partial charge in [-0.2, -0.15) is 5.26 Å². The zero-order chi connectivity index (χ0) is 15.5. The molecule has 1 atom stereocenters. The summed E-state index contributed by atoms with van der Waals surface area (Å²) in [6, 6.07) is 8.75. The van der Waals surface area contributed by atoms with Crippen molar-refractivity contribution in [3.63, 3.8) is 0 Å². The Bertz CT molecular complexity index is 563. The van der Waals surface area contributed by atoms with Gasteiger partial charge < -0.3 is 10.1 Å². The second-order valence-corrected chi connectivity index (χ2v) is 5.92. The van der Waals surface area contributed by atoms with Gasteiger partial charge in [-0.25, -0.2) is 0 Å². The maximum atomic E-state index is 12.4. The largest absolute Gasteiger partial charge is 0.378 e. The van der Waals surface area contributed by atoms with Gasteiger partial charge in [-0.05, 0) is 39.0 Å². The Morgan fingerprint density at radius 2 is 2.29 bits per heavy atom. The molecule has 0 saturated carbocycles. The first-order valence-corrected chi connectivity index (χ1v) is 7.09. The molecule has 0 spiro atoms. The van der Waals surface area contributed by atoms with E-state index in [-0.39, 0.29) is 17.5 Å². The smallest absolute Gasteiger partial charge is 0.241 e. The third-order valence-electron chi connectivity index (χ3n) is 3.82. The van der Waals surface area contributed by atoms with Crippen molar-refractivity contribution < 1.29 is 9.53 Å². The molecule has 0 aliphatic carbocycles. The quantitative estimate of drug-likeness (QED) is 0.923. The van der Waals surface area contributed by atoms with Crippen molar-refractivity contribution in [1.82, 2.24) is 4.90 Å². The standard InChI is InChI=1S/C16H21N3O2/c1-12(19-7-8-21-11-16(19,2)3)15(20)18-14-6-4-5-13(9-14)10-17/h4-6,9,12H,7-8,11H2,1-3H3,(H,18,20). The van der Waals surface area contributed by atoms with Crippen molar-refractivity contribution in [2.45, 2.75) is 32.4 Å². The summed E-state index contributed by atoms with van der Waals surface area (Å²) in [4.78, 5) is 14.6. The molecule has 0 aromatic heterocycles. The van der Waals surface area contributed by atoms with E-state index in [0.29, 0.717) is 24.5 Å². The fourth-order valence-electron chi connectivity index (χ4n) is 2.64. The van der Waals surface area contributed by atoms with Crippen LogP contribution in [0.15, 0.2) is 24.3 Å². The molecule has 1 aromatic carbocycles.